The smallest absolute Gasteiger partial charge is 0.148 e. The summed E-state index contributed by atoms with van der Waals surface area (Å²) in [6.45, 7) is 5.24. The number of nitrogens with two attached hydrogens (primary N) is 1. The predicted octanol–water partition coefficient (Wildman–Crippen LogP) is 2.32. The molecule has 0 saturated carbocycles. The summed E-state index contributed by atoms with van der Waals surface area (Å²) in [6.07, 6.45) is 7.38. The number of hydrazine groups is 1. The van der Waals surface area contributed by atoms with Crippen molar-refractivity contribution in [3.05, 3.63) is 11.9 Å². The lowest BCUT2D eigenvalue weighted by Crippen LogP contribution is -2.14. The molecule has 0 aromatic carbocycles. The number of nitrogens with zero attached hydrogens (tertiary/aromatic N) is 2. The van der Waals surface area contributed by atoms with E-state index in [2.05, 4.69) is 34.6 Å². The van der Waals surface area contributed by atoms with Crippen molar-refractivity contribution < 1.29 is 0 Å². The van der Waals surface area contributed by atoms with Gasteiger partial charge in [-0.05, 0) is 12.8 Å². The highest BCUT2D eigenvalue weighted by molar-refractivity contribution is 5.56. The highest BCUT2D eigenvalue weighted by atomic mass is 15.3. The topological polar surface area (TPSA) is 75.9 Å². The first-order chi connectivity index (χ1) is 8.33. The third kappa shape index (κ3) is 4.19. The van der Waals surface area contributed by atoms with Gasteiger partial charge in [-0.2, -0.15) is 0 Å². The zero-order valence-electron chi connectivity index (χ0n) is 10.8. The van der Waals surface area contributed by atoms with E-state index in [4.69, 9.17) is 5.84 Å². The molecule has 0 spiro atoms. The Kier molecular flexibility index (Phi) is 6.32. The number of unbranched alkanes of at least 4 members (excludes halogenated alkanes) is 3. The average Bonchev–Trinajstić information content (AvgIpc) is 2.38. The van der Waals surface area contributed by atoms with E-state index in [1.807, 2.05) is 0 Å². The van der Waals surface area contributed by atoms with E-state index in [9.17, 15) is 0 Å². The molecule has 0 aliphatic rings. The summed E-state index contributed by atoms with van der Waals surface area (Å²) in [6, 6.07) is 0. The zero-order valence-corrected chi connectivity index (χ0v) is 10.8. The monoisotopic (exact) mass is 237 g/mol. The van der Waals surface area contributed by atoms with E-state index in [0.29, 0.717) is 5.82 Å². The molecule has 1 aromatic heterocycles. The van der Waals surface area contributed by atoms with Crippen LogP contribution in [0, 0.1) is 0 Å². The molecule has 96 valence electrons. The van der Waals surface area contributed by atoms with Crippen molar-refractivity contribution in [3.63, 3.8) is 0 Å². The van der Waals surface area contributed by atoms with Gasteiger partial charge in [0.15, 0.2) is 0 Å². The summed E-state index contributed by atoms with van der Waals surface area (Å²) in [5, 5.41) is 3.35. The van der Waals surface area contributed by atoms with Crippen LogP contribution in [0.15, 0.2) is 6.33 Å². The number of nitrogen functional groups attached to an aromatic ring is 1. The molecule has 0 unspecified atom stereocenters. The summed E-state index contributed by atoms with van der Waals surface area (Å²) in [4.78, 5) is 8.36. The van der Waals surface area contributed by atoms with Crippen LogP contribution in [0.2, 0.25) is 0 Å². The van der Waals surface area contributed by atoms with Crippen LogP contribution >= 0.6 is 0 Å². The van der Waals surface area contributed by atoms with Crippen LogP contribution in [-0.4, -0.2) is 16.5 Å². The van der Waals surface area contributed by atoms with Crippen molar-refractivity contribution in [2.24, 2.45) is 5.84 Å². The van der Waals surface area contributed by atoms with Crippen molar-refractivity contribution in [1.82, 2.24) is 9.97 Å². The Balaban J connectivity index is 2.52. The quantitative estimate of drug-likeness (QED) is 0.367. The maximum atomic E-state index is 5.42. The molecule has 0 radical (unpaired) electrons. The van der Waals surface area contributed by atoms with Gasteiger partial charge < -0.3 is 10.7 Å². The first-order valence-electron chi connectivity index (χ1n) is 6.37. The predicted molar refractivity (Wildman–Crippen MR) is 71.9 cm³/mol. The second-order valence-corrected chi connectivity index (χ2v) is 4.03. The van der Waals surface area contributed by atoms with Gasteiger partial charge in [0.25, 0.3) is 0 Å². The van der Waals surface area contributed by atoms with Gasteiger partial charge >= 0.3 is 0 Å². The Morgan fingerprint density at radius 3 is 2.53 bits per heavy atom. The molecule has 0 bridgehead atoms. The average molecular weight is 237 g/mol. The second kappa shape index (κ2) is 7.84. The molecule has 0 saturated heterocycles. The summed E-state index contributed by atoms with van der Waals surface area (Å²) in [5.41, 5.74) is 3.65. The lowest BCUT2D eigenvalue weighted by Gasteiger charge is -2.12. The molecule has 1 heterocycles. The van der Waals surface area contributed by atoms with Crippen LogP contribution in [0.4, 0.5) is 11.6 Å². The van der Waals surface area contributed by atoms with Gasteiger partial charge in [-0.15, -0.1) is 0 Å². The van der Waals surface area contributed by atoms with E-state index in [1.54, 1.807) is 0 Å². The third-order valence-electron chi connectivity index (χ3n) is 2.76. The molecule has 0 atom stereocenters. The molecular formula is C12H23N5. The highest BCUT2D eigenvalue weighted by Crippen LogP contribution is 2.19. The summed E-state index contributed by atoms with van der Waals surface area (Å²) >= 11 is 0. The molecule has 1 aromatic rings. The molecule has 0 aliphatic heterocycles. The first kappa shape index (κ1) is 13.7. The molecular weight excluding hydrogens is 214 g/mol. The number of hydrogen-bond acceptors (Lipinski definition) is 5. The molecule has 5 heteroatoms. The SMILES string of the molecule is CCCCCCNc1ncnc(NN)c1CC. The Morgan fingerprint density at radius 2 is 1.88 bits per heavy atom. The summed E-state index contributed by atoms with van der Waals surface area (Å²) in [7, 11) is 0. The molecule has 1 rings (SSSR count). The van der Waals surface area contributed by atoms with E-state index < -0.39 is 0 Å². The fourth-order valence-corrected chi connectivity index (χ4v) is 1.78. The molecule has 5 nitrogen and oxygen atoms in total. The van der Waals surface area contributed by atoms with Crippen LogP contribution in [0.5, 0.6) is 0 Å². The van der Waals surface area contributed by atoms with Crippen LogP contribution in [0.1, 0.15) is 45.1 Å². The van der Waals surface area contributed by atoms with Gasteiger partial charge in [-0.25, -0.2) is 15.8 Å². The van der Waals surface area contributed by atoms with Crippen molar-refractivity contribution in [2.75, 3.05) is 17.3 Å². The molecule has 0 aliphatic carbocycles. The largest absolute Gasteiger partial charge is 0.370 e. The highest BCUT2D eigenvalue weighted by Gasteiger charge is 2.07. The second-order valence-electron chi connectivity index (χ2n) is 4.03. The lowest BCUT2D eigenvalue weighted by atomic mass is 10.2. The Bertz CT molecular complexity index is 327. The van der Waals surface area contributed by atoms with Gasteiger partial charge in [-0.1, -0.05) is 33.1 Å². The minimum atomic E-state index is 0.707. The van der Waals surface area contributed by atoms with Crippen LogP contribution < -0.4 is 16.6 Å². The van der Waals surface area contributed by atoms with Crippen LogP contribution in [-0.2, 0) is 6.42 Å². The number of hydrogen-bond donors (Lipinski definition) is 3. The van der Waals surface area contributed by atoms with Gasteiger partial charge in [-0.3, -0.25) is 0 Å². The minimum absolute atomic E-state index is 0.707. The van der Waals surface area contributed by atoms with E-state index in [-0.39, 0.29) is 0 Å². The normalized spacial score (nSPS) is 10.3. The van der Waals surface area contributed by atoms with Crippen LogP contribution in [0.3, 0.4) is 0 Å². The maximum absolute atomic E-state index is 5.42. The minimum Gasteiger partial charge on any atom is -0.370 e. The summed E-state index contributed by atoms with van der Waals surface area (Å²) in [5.74, 6) is 7.02. The lowest BCUT2D eigenvalue weighted by molar-refractivity contribution is 0.684. The standard InChI is InChI=1S/C12H23N5/c1-3-5-6-7-8-14-11-10(4-2)12(17-13)16-9-15-11/h9H,3-8,13H2,1-2H3,(H2,14,15,16,17). The number of nitrogens with one attached hydrogen (secondary N) is 2. The first-order valence-corrected chi connectivity index (χ1v) is 6.37. The number of rotatable bonds is 8. The van der Waals surface area contributed by atoms with E-state index in [0.717, 1.165) is 24.3 Å². The van der Waals surface area contributed by atoms with E-state index in [1.165, 1.54) is 32.0 Å². The molecule has 4 N–H and O–H groups in total. The number of anilines is 2. The van der Waals surface area contributed by atoms with Crippen LogP contribution in [0.25, 0.3) is 0 Å². The third-order valence-corrected chi connectivity index (χ3v) is 2.76. The fraction of sp³-hybridized carbons (Fsp3) is 0.667. The maximum Gasteiger partial charge on any atom is 0.148 e. The van der Waals surface area contributed by atoms with E-state index >= 15 is 0 Å². The van der Waals surface area contributed by atoms with Crippen molar-refractivity contribution >= 4 is 11.6 Å². The van der Waals surface area contributed by atoms with Crippen molar-refractivity contribution in [1.29, 1.82) is 0 Å². The Labute approximate surface area is 103 Å². The van der Waals surface area contributed by atoms with Gasteiger partial charge in [0.1, 0.15) is 18.0 Å². The van der Waals surface area contributed by atoms with Gasteiger partial charge in [0, 0.05) is 12.1 Å². The Hall–Kier alpha value is -1.36. The molecule has 0 amide bonds. The molecule has 0 fully saturated rings. The van der Waals surface area contributed by atoms with Gasteiger partial charge in [0.2, 0.25) is 0 Å². The fourth-order valence-electron chi connectivity index (χ4n) is 1.78. The zero-order chi connectivity index (χ0) is 12.5. The Morgan fingerprint density at radius 1 is 1.12 bits per heavy atom. The van der Waals surface area contributed by atoms with Crippen molar-refractivity contribution in [2.45, 2.75) is 46.0 Å². The van der Waals surface area contributed by atoms with Crippen molar-refractivity contribution in [3.8, 4) is 0 Å². The summed E-state index contributed by atoms with van der Waals surface area (Å²) < 4.78 is 0. The van der Waals surface area contributed by atoms with Gasteiger partial charge in [0.05, 0.1) is 0 Å². The number of aromatic nitrogens is 2. The molecule has 17 heavy (non-hydrogen) atoms.